The van der Waals surface area contributed by atoms with Gasteiger partial charge in [0.05, 0.1) is 12.3 Å². The molecule has 106 valence electrons. The number of rotatable bonds is 4. The molecule has 0 saturated carbocycles. The van der Waals surface area contributed by atoms with Crippen molar-refractivity contribution in [1.29, 1.82) is 0 Å². The molecule has 5 N–H and O–H groups in total. The fourth-order valence-corrected chi connectivity index (χ4v) is 1.90. The molecule has 1 aromatic rings. The van der Waals surface area contributed by atoms with E-state index in [9.17, 15) is 15.4 Å². The van der Waals surface area contributed by atoms with Crippen LogP contribution in [0.4, 0.5) is 11.4 Å². The highest BCUT2D eigenvalue weighted by molar-refractivity contribution is 5.57. The summed E-state index contributed by atoms with van der Waals surface area (Å²) in [5.41, 5.74) is 0.430. The maximum atomic E-state index is 10.7. The maximum absolute atomic E-state index is 10.7. The summed E-state index contributed by atoms with van der Waals surface area (Å²) in [6, 6.07) is 5.87. The van der Waals surface area contributed by atoms with Gasteiger partial charge in [0.25, 0.3) is 0 Å². The Morgan fingerprint density at radius 3 is 2.63 bits per heavy atom. The lowest BCUT2D eigenvalue weighted by atomic mass is 10.1. The molecule has 1 aliphatic rings. The van der Waals surface area contributed by atoms with E-state index < -0.39 is 31.1 Å². The van der Waals surface area contributed by atoms with Gasteiger partial charge in [-0.2, -0.15) is 0 Å². The van der Waals surface area contributed by atoms with Gasteiger partial charge in [0.2, 0.25) is 0 Å². The van der Waals surface area contributed by atoms with E-state index in [1.165, 1.54) is 18.2 Å². The monoisotopic (exact) mass is 271 g/mol. The summed E-state index contributed by atoms with van der Waals surface area (Å²) in [6.45, 7) is -0.415. The fourth-order valence-electron chi connectivity index (χ4n) is 1.90. The Labute approximate surface area is 109 Å². The van der Waals surface area contributed by atoms with Gasteiger partial charge in [0, 0.05) is 5.69 Å². The van der Waals surface area contributed by atoms with Crippen LogP contribution in [0, 0.1) is 5.21 Å². The standard InChI is InChI=1S/C11H15N2O6/c14-5-8-9(15)10(16)11(19-8)12-6-2-1-3-7(4-6)13(17)18/h1-4,8-12,14-17H,5H2/q-1/t8-,9-,10-,11+/m1/s1. The van der Waals surface area contributed by atoms with Gasteiger partial charge < -0.3 is 35.8 Å². The predicted octanol–water partition coefficient (Wildman–Crippen LogP) is -0.769. The summed E-state index contributed by atoms with van der Waals surface area (Å²) in [7, 11) is 0. The molecule has 19 heavy (non-hydrogen) atoms. The summed E-state index contributed by atoms with van der Waals surface area (Å²) < 4.78 is 5.22. The first kappa shape index (κ1) is 14.0. The van der Waals surface area contributed by atoms with E-state index in [1.807, 2.05) is 0 Å². The average Bonchev–Trinajstić information content (AvgIpc) is 2.67. The second kappa shape index (κ2) is 5.70. The normalized spacial score (nSPS) is 30.4. The minimum atomic E-state index is -1.21. The number of hydrogen-bond acceptors (Lipinski definition) is 8. The van der Waals surface area contributed by atoms with Crippen LogP contribution in [0.5, 0.6) is 0 Å². The van der Waals surface area contributed by atoms with Crippen LogP contribution in [0.1, 0.15) is 0 Å². The van der Waals surface area contributed by atoms with Crippen LogP contribution in [0.25, 0.3) is 0 Å². The van der Waals surface area contributed by atoms with Gasteiger partial charge in [-0.25, -0.2) is 0 Å². The third-order valence-corrected chi connectivity index (χ3v) is 2.92. The van der Waals surface area contributed by atoms with E-state index in [2.05, 4.69) is 5.32 Å². The van der Waals surface area contributed by atoms with Crippen molar-refractivity contribution in [3.8, 4) is 0 Å². The Morgan fingerprint density at radius 2 is 2.05 bits per heavy atom. The zero-order valence-electron chi connectivity index (χ0n) is 9.88. The molecule has 1 saturated heterocycles. The molecule has 1 fully saturated rings. The molecule has 1 aliphatic heterocycles. The van der Waals surface area contributed by atoms with Crippen LogP contribution in [0.3, 0.4) is 0 Å². The van der Waals surface area contributed by atoms with Crippen LogP contribution >= 0.6 is 0 Å². The molecule has 1 heterocycles. The van der Waals surface area contributed by atoms with Crippen LogP contribution in [0.15, 0.2) is 24.3 Å². The van der Waals surface area contributed by atoms with Gasteiger partial charge in [0.15, 0.2) is 6.23 Å². The third-order valence-electron chi connectivity index (χ3n) is 2.92. The zero-order chi connectivity index (χ0) is 14.0. The first-order valence-electron chi connectivity index (χ1n) is 5.68. The minimum Gasteiger partial charge on any atom is -0.733 e. The summed E-state index contributed by atoms with van der Waals surface area (Å²) in [5, 5.41) is 50.2. The fraction of sp³-hybridized carbons (Fsp3) is 0.455. The first-order valence-corrected chi connectivity index (χ1v) is 5.68. The number of hydrogen-bond donors (Lipinski definition) is 5. The van der Waals surface area contributed by atoms with Crippen LogP contribution in [-0.4, -0.2) is 51.7 Å². The Bertz CT molecular complexity index is 429. The van der Waals surface area contributed by atoms with Crippen LogP contribution in [-0.2, 0) is 4.74 Å². The van der Waals surface area contributed by atoms with Gasteiger partial charge in [-0.05, 0) is 18.2 Å². The molecule has 8 heteroatoms. The minimum absolute atomic E-state index is 0.0109. The van der Waals surface area contributed by atoms with E-state index in [0.29, 0.717) is 5.69 Å². The number of aliphatic hydroxyl groups is 3. The molecule has 0 aliphatic carbocycles. The summed E-state index contributed by atoms with van der Waals surface area (Å²) in [4.78, 5) is 0. The lowest BCUT2D eigenvalue weighted by Gasteiger charge is -2.23. The topological polar surface area (TPSA) is 128 Å². The van der Waals surface area contributed by atoms with Crippen molar-refractivity contribution >= 4 is 11.4 Å². The molecule has 8 nitrogen and oxygen atoms in total. The van der Waals surface area contributed by atoms with Gasteiger partial charge >= 0.3 is 0 Å². The molecule has 0 spiro atoms. The quantitative estimate of drug-likeness (QED) is 0.452. The van der Waals surface area contributed by atoms with Crippen molar-refractivity contribution in [1.82, 2.24) is 0 Å². The molecule has 1 aromatic carbocycles. The van der Waals surface area contributed by atoms with Crippen LogP contribution < -0.4 is 10.5 Å². The van der Waals surface area contributed by atoms with E-state index in [0.717, 1.165) is 0 Å². The second-order valence-electron chi connectivity index (χ2n) is 4.23. The Balaban J connectivity index is 2.07. The highest BCUT2D eigenvalue weighted by Gasteiger charge is 2.42. The number of aliphatic hydroxyl groups excluding tert-OH is 3. The third kappa shape index (κ3) is 2.95. The molecule has 0 amide bonds. The SMILES string of the molecule is [O-]N(O)c1cccc(N[C@H]2O[C@H](CO)[C@@H](O)[C@H]2O)c1. The summed E-state index contributed by atoms with van der Waals surface area (Å²) >= 11 is 0. The van der Waals surface area contributed by atoms with Gasteiger partial charge in [-0.15, -0.1) is 0 Å². The molecule has 0 aromatic heterocycles. The van der Waals surface area contributed by atoms with Crippen molar-refractivity contribution in [2.24, 2.45) is 0 Å². The summed E-state index contributed by atoms with van der Waals surface area (Å²) in [5.74, 6) is 0. The smallest absolute Gasteiger partial charge is 0.157 e. The molecular formula is C11H15N2O6-. The van der Waals surface area contributed by atoms with E-state index in [4.69, 9.17) is 15.1 Å². The number of nitrogens with one attached hydrogen (secondary N) is 1. The largest absolute Gasteiger partial charge is 0.733 e. The van der Waals surface area contributed by atoms with Crippen LogP contribution in [0.2, 0.25) is 0 Å². The Morgan fingerprint density at radius 1 is 1.32 bits per heavy atom. The lowest BCUT2D eigenvalue weighted by Crippen LogP contribution is -2.36. The van der Waals surface area contributed by atoms with Gasteiger partial charge in [0.1, 0.15) is 18.3 Å². The number of anilines is 2. The van der Waals surface area contributed by atoms with Crippen molar-refractivity contribution in [2.45, 2.75) is 24.5 Å². The molecular weight excluding hydrogens is 256 g/mol. The highest BCUT2D eigenvalue weighted by Crippen LogP contribution is 2.24. The molecule has 2 rings (SSSR count). The highest BCUT2D eigenvalue weighted by atomic mass is 16.8. The van der Waals surface area contributed by atoms with Crippen molar-refractivity contribution < 1.29 is 25.3 Å². The summed E-state index contributed by atoms with van der Waals surface area (Å²) in [6.07, 6.45) is -4.19. The molecule has 0 unspecified atom stereocenters. The predicted molar refractivity (Wildman–Crippen MR) is 65.5 cm³/mol. The molecule has 0 bridgehead atoms. The number of nitrogens with zero attached hydrogens (tertiary/aromatic N) is 1. The Kier molecular flexibility index (Phi) is 4.20. The number of ether oxygens (including phenoxy) is 1. The van der Waals surface area contributed by atoms with E-state index in [-0.39, 0.29) is 10.9 Å². The maximum Gasteiger partial charge on any atom is 0.157 e. The van der Waals surface area contributed by atoms with Gasteiger partial charge in [-0.3, -0.25) is 5.21 Å². The second-order valence-corrected chi connectivity index (χ2v) is 4.23. The molecule has 4 atom stereocenters. The number of benzene rings is 1. The van der Waals surface area contributed by atoms with Crippen molar-refractivity contribution in [2.75, 3.05) is 17.2 Å². The van der Waals surface area contributed by atoms with E-state index in [1.54, 1.807) is 6.07 Å². The lowest BCUT2D eigenvalue weighted by molar-refractivity contribution is -0.0153. The van der Waals surface area contributed by atoms with Crippen molar-refractivity contribution in [3.05, 3.63) is 29.5 Å². The van der Waals surface area contributed by atoms with E-state index >= 15 is 0 Å². The average molecular weight is 271 g/mol. The Hall–Kier alpha value is -1.42. The zero-order valence-corrected chi connectivity index (χ0v) is 9.88. The molecule has 0 radical (unpaired) electrons. The van der Waals surface area contributed by atoms with Crippen molar-refractivity contribution in [3.63, 3.8) is 0 Å². The van der Waals surface area contributed by atoms with Gasteiger partial charge in [-0.1, -0.05) is 6.07 Å². The first-order chi connectivity index (χ1) is 9.02.